The van der Waals surface area contributed by atoms with E-state index >= 15 is 0 Å². The van der Waals surface area contributed by atoms with Gasteiger partial charge in [-0.2, -0.15) is 0 Å². The summed E-state index contributed by atoms with van der Waals surface area (Å²) in [6.07, 6.45) is 4.00. The van der Waals surface area contributed by atoms with Crippen LogP contribution >= 0.6 is 11.8 Å². The minimum absolute atomic E-state index is 0.0502. The van der Waals surface area contributed by atoms with Crippen molar-refractivity contribution in [2.75, 3.05) is 0 Å². The lowest BCUT2D eigenvalue weighted by Crippen LogP contribution is -2.40. The van der Waals surface area contributed by atoms with Crippen molar-refractivity contribution < 1.29 is 4.79 Å². The summed E-state index contributed by atoms with van der Waals surface area (Å²) in [6.45, 7) is 4.28. The van der Waals surface area contributed by atoms with Gasteiger partial charge in [-0.1, -0.05) is 26.0 Å². The topological polar surface area (TPSA) is 55.1 Å². The second-order valence-corrected chi connectivity index (χ2v) is 7.37. The zero-order chi connectivity index (χ0) is 14.5. The number of hydrogen-bond donors (Lipinski definition) is 2. The van der Waals surface area contributed by atoms with Crippen LogP contribution in [0.3, 0.4) is 0 Å². The van der Waals surface area contributed by atoms with Crippen molar-refractivity contribution >= 4 is 17.7 Å². The highest BCUT2D eigenvalue weighted by Gasteiger charge is 2.21. The summed E-state index contributed by atoms with van der Waals surface area (Å²) in [7, 11) is 0. The quantitative estimate of drug-likeness (QED) is 0.838. The largest absolute Gasteiger partial charge is 0.349 e. The second kappa shape index (κ2) is 7.14. The van der Waals surface area contributed by atoms with Crippen LogP contribution in [0.25, 0.3) is 0 Å². The van der Waals surface area contributed by atoms with Crippen LogP contribution in [0, 0.1) is 0 Å². The Hall–Kier alpha value is -1.00. The standard InChI is InChI=1S/C16H24N2OS/c1-11(2)20-15-6-4-3-5-14(15)16(19)18-13-9-7-12(17)8-10-13/h3-6,11-13H,7-10,17H2,1-2H3,(H,18,19). The molecule has 1 amide bonds. The molecule has 3 N–H and O–H groups in total. The van der Waals surface area contributed by atoms with Crippen LogP contribution in [0.4, 0.5) is 0 Å². The first kappa shape index (κ1) is 15.4. The van der Waals surface area contributed by atoms with E-state index in [1.165, 1.54) is 0 Å². The Kier molecular flexibility index (Phi) is 5.49. The summed E-state index contributed by atoms with van der Waals surface area (Å²) in [5.74, 6) is 0.0502. The number of hydrogen-bond acceptors (Lipinski definition) is 3. The molecule has 0 atom stereocenters. The number of carbonyl (C=O) groups excluding carboxylic acids is 1. The van der Waals surface area contributed by atoms with Crippen molar-refractivity contribution in [2.24, 2.45) is 5.73 Å². The molecule has 4 heteroatoms. The van der Waals surface area contributed by atoms with Gasteiger partial charge >= 0.3 is 0 Å². The Balaban J connectivity index is 2.01. The summed E-state index contributed by atoms with van der Waals surface area (Å²) in [6, 6.07) is 8.44. The average molecular weight is 292 g/mol. The molecule has 20 heavy (non-hydrogen) atoms. The normalized spacial score (nSPS) is 22.8. The van der Waals surface area contributed by atoms with E-state index in [1.807, 2.05) is 24.3 Å². The van der Waals surface area contributed by atoms with Gasteiger partial charge in [0.2, 0.25) is 0 Å². The zero-order valence-corrected chi connectivity index (χ0v) is 13.1. The monoisotopic (exact) mass is 292 g/mol. The molecule has 0 bridgehead atoms. The first-order valence-electron chi connectivity index (χ1n) is 7.38. The Morgan fingerprint density at radius 3 is 2.55 bits per heavy atom. The second-order valence-electron chi connectivity index (χ2n) is 5.75. The third-order valence-electron chi connectivity index (χ3n) is 3.60. The maximum Gasteiger partial charge on any atom is 0.252 e. The van der Waals surface area contributed by atoms with E-state index in [4.69, 9.17) is 5.73 Å². The molecule has 110 valence electrons. The minimum Gasteiger partial charge on any atom is -0.349 e. The van der Waals surface area contributed by atoms with Gasteiger partial charge in [-0.25, -0.2) is 0 Å². The van der Waals surface area contributed by atoms with Crippen molar-refractivity contribution in [2.45, 2.75) is 61.8 Å². The number of rotatable bonds is 4. The highest BCUT2D eigenvalue weighted by atomic mass is 32.2. The number of amides is 1. The molecular weight excluding hydrogens is 268 g/mol. The van der Waals surface area contributed by atoms with Crippen molar-refractivity contribution in [1.82, 2.24) is 5.32 Å². The van der Waals surface area contributed by atoms with Gasteiger partial charge in [0.1, 0.15) is 0 Å². The molecule has 0 spiro atoms. The first-order valence-corrected chi connectivity index (χ1v) is 8.26. The fourth-order valence-corrected chi connectivity index (χ4v) is 3.49. The predicted octanol–water partition coefficient (Wildman–Crippen LogP) is 3.19. The van der Waals surface area contributed by atoms with Crippen LogP contribution in [0.1, 0.15) is 49.9 Å². The molecular formula is C16H24N2OS. The Bertz CT molecular complexity index is 454. The van der Waals surface area contributed by atoms with Gasteiger partial charge in [-0.15, -0.1) is 11.8 Å². The third-order valence-corrected chi connectivity index (χ3v) is 4.68. The Labute approximate surface area is 125 Å². The summed E-state index contributed by atoms with van der Waals surface area (Å²) in [5.41, 5.74) is 6.69. The molecule has 1 fully saturated rings. The molecule has 1 aromatic rings. The van der Waals surface area contributed by atoms with E-state index in [1.54, 1.807) is 11.8 Å². The third kappa shape index (κ3) is 4.25. The van der Waals surface area contributed by atoms with E-state index in [-0.39, 0.29) is 11.9 Å². The zero-order valence-electron chi connectivity index (χ0n) is 12.3. The molecule has 1 aliphatic rings. The van der Waals surface area contributed by atoms with E-state index < -0.39 is 0 Å². The van der Waals surface area contributed by atoms with Gasteiger partial charge in [-0.3, -0.25) is 4.79 Å². The van der Waals surface area contributed by atoms with Crippen LogP contribution in [0.2, 0.25) is 0 Å². The first-order chi connectivity index (χ1) is 9.56. The molecule has 0 heterocycles. The summed E-state index contributed by atoms with van der Waals surface area (Å²) in [5, 5.41) is 3.63. The van der Waals surface area contributed by atoms with Gasteiger partial charge in [0.05, 0.1) is 5.56 Å². The maximum atomic E-state index is 12.4. The molecule has 1 aliphatic carbocycles. The molecule has 0 aromatic heterocycles. The highest BCUT2D eigenvalue weighted by molar-refractivity contribution is 8.00. The number of carbonyl (C=O) groups is 1. The number of benzene rings is 1. The van der Waals surface area contributed by atoms with Crippen molar-refractivity contribution in [3.63, 3.8) is 0 Å². The molecule has 0 radical (unpaired) electrons. The molecule has 0 saturated heterocycles. The average Bonchev–Trinajstić information content (AvgIpc) is 2.41. The van der Waals surface area contributed by atoms with E-state index in [9.17, 15) is 4.79 Å². The van der Waals surface area contributed by atoms with E-state index in [2.05, 4.69) is 19.2 Å². The fourth-order valence-electron chi connectivity index (χ4n) is 2.54. The Morgan fingerprint density at radius 2 is 1.90 bits per heavy atom. The molecule has 0 unspecified atom stereocenters. The SMILES string of the molecule is CC(C)Sc1ccccc1C(=O)NC1CCC(N)CC1. The van der Waals surface area contributed by atoms with Crippen LogP contribution in [0.5, 0.6) is 0 Å². The number of nitrogens with one attached hydrogen (secondary N) is 1. The molecule has 1 aromatic carbocycles. The van der Waals surface area contributed by atoms with E-state index in [0.717, 1.165) is 36.1 Å². The molecule has 2 rings (SSSR count). The van der Waals surface area contributed by atoms with E-state index in [0.29, 0.717) is 11.3 Å². The van der Waals surface area contributed by atoms with Gasteiger partial charge < -0.3 is 11.1 Å². The molecule has 3 nitrogen and oxygen atoms in total. The van der Waals surface area contributed by atoms with Crippen LogP contribution in [-0.4, -0.2) is 23.2 Å². The Morgan fingerprint density at radius 1 is 1.25 bits per heavy atom. The van der Waals surface area contributed by atoms with Gasteiger partial charge in [0.15, 0.2) is 0 Å². The fraction of sp³-hybridized carbons (Fsp3) is 0.562. The summed E-state index contributed by atoms with van der Waals surface area (Å²) >= 11 is 1.73. The minimum atomic E-state index is 0.0502. The van der Waals surface area contributed by atoms with Gasteiger partial charge in [0.25, 0.3) is 5.91 Å². The molecule has 1 saturated carbocycles. The lowest BCUT2D eigenvalue weighted by Gasteiger charge is -2.27. The van der Waals surface area contributed by atoms with Crippen molar-refractivity contribution in [1.29, 1.82) is 0 Å². The smallest absolute Gasteiger partial charge is 0.252 e. The van der Waals surface area contributed by atoms with Crippen LogP contribution < -0.4 is 11.1 Å². The lowest BCUT2D eigenvalue weighted by atomic mass is 9.91. The van der Waals surface area contributed by atoms with Crippen molar-refractivity contribution in [3.8, 4) is 0 Å². The summed E-state index contributed by atoms with van der Waals surface area (Å²) < 4.78 is 0. The number of nitrogens with two attached hydrogens (primary N) is 1. The van der Waals surface area contributed by atoms with Crippen LogP contribution in [-0.2, 0) is 0 Å². The molecule has 0 aliphatic heterocycles. The predicted molar refractivity (Wildman–Crippen MR) is 85.1 cm³/mol. The van der Waals surface area contributed by atoms with Gasteiger partial charge in [0, 0.05) is 22.2 Å². The van der Waals surface area contributed by atoms with Crippen LogP contribution in [0.15, 0.2) is 29.2 Å². The highest BCUT2D eigenvalue weighted by Crippen LogP contribution is 2.27. The number of thioether (sulfide) groups is 1. The van der Waals surface area contributed by atoms with Gasteiger partial charge in [-0.05, 0) is 37.8 Å². The maximum absolute atomic E-state index is 12.4. The lowest BCUT2D eigenvalue weighted by molar-refractivity contribution is 0.0923. The van der Waals surface area contributed by atoms with Crippen molar-refractivity contribution in [3.05, 3.63) is 29.8 Å². The summed E-state index contributed by atoms with van der Waals surface area (Å²) in [4.78, 5) is 13.5.